The number of hydrogen-bond acceptors (Lipinski definition) is 5. The van der Waals surface area contributed by atoms with Gasteiger partial charge in [-0.15, -0.1) is 0 Å². The smallest absolute Gasteiger partial charge is 0.258 e. The molecule has 1 fully saturated rings. The molecule has 1 aliphatic rings. The zero-order valence-electron chi connectivity index (χ0n) is 17.9. The van der Waals surface area contributed by atoms with Crippen molar-refractivity contribution in [3.63, 3.8) is 0 Å². The Morgan fingerprint density at radius 1 is 1.09 bits per heavy atom. The van der Waals surface area contributed by atoms with Gasteiger partial charge in [0.1, 0.15) is 0 Å². The Morgan fingerprint density at radius 3 is 2.52 bits per heavy atom. The first-order valence-corrected chi connectivity index (χ1v) is 10.6. The fourth-order valence-electron chi connectivity index (χ4n) is 3.81. The lowest BCUT2D eigenvalue weighted by Gasteiger charge is -2.23. The molecule has 0 spiro atoms. The maximum atomic E-state index is 13.5. The number of pyridine rings is 2. The summed E-state index contributed by atoms with van der Waals surface area (Å²) < 4.78 is 1.70. The average Bonchev–Trinajstić information content (AvgIpc) is 3.61. The Morgan fingerprint density at radius 2 is 1.88 bits per heavy atom. The van der Waals surface area contributed by atoms with E-state index in [1.165, 1.54) is 6.20 Å². The Hall–Kier alpha value is -4.51. The monoisotopic (exact) mass is 436 g/mol. The van der Waals surface area contributed by atoms with Crippen molar-refractivity contribution in [1.82, 2.24) is 19.9 Å². The zero-order valence-corrected chi connectivity index (χ0v) is 17.9. The summed E-state index contributed by atoms with van der Waals surface area (Å²) in [7, 11) is 1.57. The first-order valence-electron chi connectivity index (χ1n) is 10.6. The van der Waals surface area contributed by atoms with E-state index in [1.807, 2.05) is 18.2 Å². The molecule has 3 heterocycles. The number of fused-ring (bicyclic) bond motifs is 1. The first kappa shape index (κ1) is 20.4. The molecule has 1 aromatic carbocycles. The van der Waals surface area contributed by atoms with Gasteiger partial charge in [0, 0.05) is 42.3 Å². The number of anilines is 1. The average molecular weight is 436 g/mol. The maximum absolute atomic E-state index is 13.5. The lowest BCUT2D eigenvalue weighted by molar-refractivity contribution is 0.0960. The van der Waals surface area contributed by atoms with Crippen LogP contribution in [0.4, 0.5) is 5.69 Å². The predicted molar refractivity (Wildman–Crippen MR) is 123 cm³/mol. The molecule has 162 valence electrons. The van der Waals surface area contributed by atoms with Gasteiger partial charge < -0.3 is 10.2 Å². The third-order valence-corrected chi connectivity index (χ3v) is 5.70. The molecule has 0 radical (unpaired) electrons. The summed E-state index contributed by atoms with van der Waals surface area (Å²) in [6.07, 6.45) is 6.88. The molecule has 0 bridgehead atoms. The number of nitrogens with zero attached hydrogens (tertiary/aromatic N) is 5. The molecule has 0 aliphatic heterocycles. The van der Waals surface area contributed by atoms with E-state index in [1.54, 1.807) is 59.2 Å². The number of carbonyl (C=O) groups excluding carboxylic acids is 2. The van der Waals surface area contributed by atoms with E-state index >= 15 is 0 Å². The maximum Gasteiger partial charge on any atom is 0.258 e. The third-order valence-electron chi connectivity index (χ3n) is 5.70. The molecule has 1 N–H and O–H groups in total. The van der Waals surface area contributed by atoms with Gasteiger partial charge in [-0.05, 0) is 61.4 Å². The van der Waals surface area contributed by atoms with E-state index in [2.05, 4.69) is 21.5 Å². The number of rotatable bonds is 5. The van der Waals surface area contributed by atoms with Crippen molar-refractivity contribution in [2.75, 3.05) is 11.9 Å². The molecule has 0 atom stereocenters. The first-order chi connectivity index (χ1) is 16.1. The molecule has 3 aromatic heterocycles. The fraction of sp³-hybridized carbons (Fsp3) is 0.160. The quantitative estimate of drug-likeness (QED) is 0.516. The van der Waals surface area contributed by atoms with Gasteiger partial charge in [0.05, 0.1) is 34.6 Å². The summed E-state index contributed by atoms with van der Waals surface area (Å²) in [5.41, 5.74) is 4.52. The molecule has 8 nitrogen and oxygen atoms in total. The molecule has 33 heavy (non-hydrogen) atoms. The highest BCUT2D eigenvalue weighted by Crippen LogP contribution is 2.34. The molecule has 5 rings (SSSR count). The van der Waals surface area contributed by atoms with E-state index in [-0.39, 0.29) is 17.9 Å². The van der Waals surface area contributed by atoms with E-state index in [0.29, 0.717) is 22.4 Å². The molecule has 4 aromatic rings. The Labute approximate surface area is 190 Å². The topological polar surface area (TPSA) is 103 Å². The van der Waals surface area contributed by atoms with Crippen molar-refractivity contribution in [2.24, 2.45) is 0 Å². The van der Waals surface area contributed by atoms with Crippen molar-refractivity contribution >= 4 is 23.0 Å². The summed E-state index contributed by atoms with van der Waals surface area (Å²) in [5, 5.41) is 16.0. The molecule has 0 unspecified atom stereocenters. The SMILES string of the molecule is CNC(=O)c1ccc(-c2cnn3ccc(C(=O)N(c4ccc(C#N)cc4)C4CC4)cc23)nc1. The second-order valence-electron chi connectivity index (χ2n) is 7.88. The van der Waals surface area contributed by atoms with Gasteiger partial charge in [-0.3, -0.25) is 14.6 Å². The predicted octanol–water partition coefficient (Wildman–Crippen LogP) is 3.44. The second kappa shape index (κ2) is 8.20. The van der Waals surface area contributed by atoms with Gasteiger partial charge in [0.2, 0.25) is 0 Å². The molecule has 8 heteroatoms. The van der Waals surface area contributed by atoms with E-state index in [0.717, 1.165) is 29.6 Å². The number of hydrogen-bond donors (Lipinski definition) is 1. The summed E-state index contributed by atoms with van der Waals surface area (Å²) in [4.78, 5) is 31.5. The Kier molecular flexibility index (Phi) is 5.07. The molecule has 0 saturated heterocycles. The number of nitrogens with one attached hydrogen (secondary N) is 1. The van der Waals surface area contributed by atoms with Crippen molar-refractivity contribution in [3.8, 4) is 17.3 Å². The number of carbonyl (C=O) groups is 2. The minimum atomic E-state index is -0.204. The molecule has 2 amide bonds. The van der Waals surface area contributed by atoms with Crippen LogP contribution in [0.5, 0.6) is 0 Å². The summed E-state index contributed by atoms with van der Waals surface area (Å²) in [6.45, 7) is 0. The zero-order chi connectivity index (χ0) is 22.9. The van der Waals surface area contributed by atoms with Crippen LogP contribution in [0.2, 0.25) is 0 Å². The molecular weight excluding hydrogens is 416 g/mol. The van der Waals surface area contributed by atoms with Gasteiger partial charge in [0.25, 0.3) is 11.8 Å². The van der Waals surface area contributed by atoms with Crippen molar-refractivity contribution < 1.29 is 9.59 Å². The van der Waals surface area contributed by atoms with Crippen LogP contribution in [-0.4, -0.2) is 39.5 Å². The summed E-state index contributed by atoms with van der Waals surface area (Å²) in [6, 6.07) is 16.4. The van der Waals surface area contributed by atoms with Gasteiger partial charge in [0.15, 0.2) is 0 Å². The molecular formula is C25H20N6O2. The number of amides is 2. The summed E-state index contributed by atoms with van der Waals surface area (Å²) >= 11 is 0. The highest BCUT2D eigenvalue weighted by Gasteiger charge is 2.34. The van der Waals surface area contributed by atoms with E-state index < -0.39 is 0 Å². The van der Waals surface area contributed by atoms with Crippen LogP contribution in [0.25, 0.3) is 16.8 Å². The number of aromatic nitrogens is 3. The van der Waals surface area contributed by atoms with Crippen LogP contribution in [0.15, 0.2) is 67.1 Å². The molecule has 1 aliphatic carbocycles. The largest absolute Gasteiger partial charge is 0.355 e. The third kappa shape index (κ3) is 3.81. The Balaban J connectivity index is 1.50. The number of nitriles is 1. The van der Waals surface area contributed by atoms with Crippen LogP contribution < -0.4 is 10.2 Å². The van der Waals surface area contributed by atoms with Gasteiger partial charge in [-0.25, -0.2) is 4.52 Å². The van der Waals surface area contributed by atoms with E-state index in [9.17, 15) is 9.59 Å². The normalized spacial score (nSPS) is 12.8. The minimum absolute atomic E-state index is 0.0974. The van der Waals surface area contributed by atoms with Crippen LogP contribution in [-0.2, 0) is 0 Å². The van der Waals surface area contributed by atoms with Crippen LogP contribution in [0.3, 0.4) is 0 Å². The minimum Gasteiger partial charge on any atom is -0.355 e. The van der Waals surface area contributed by atoms with Crippen LogP contribution >= 0.6 is 0 Å². The van der Waals surface area contributed by atoms with Gasteiger partial charge in [-0.2, -0.15) is 10.4 Å². The van der Waals surface area contributed by atoms with Crippen molar-refractivity contribution in [3.05, 3.63) is 83.8 Å². The van der Waals surface area contributed by atoms with Crippen molar-refractivity contribution in [2.45, 2.75) is 18.9 Å². The van der Waals surface area contributed by atoms with E-state index in [4.69, 9.17) is 5.26 Å². The lowest BCUT2D eigenvalue weighted by atomic mass is 10.1. The van der Waals surface area contributed by atoms with Gasteiger partial charge in [-0.1, -0.05) is 0 Å². The van der Waals surface area contributed by atoms with Crippen molar-refractivity contribution in [1.29, 1.82) is 5.26 Å². The summed E-state index contributed by atoms with van der Waals surface area (Å²) in [5.74, 6) is -0.301. The highest BCUT2D eigenvalue weighted by molar-refractivity contribution is 6.07. The van der Waals surface area contributed by atoms with Crippen LogP contribution in [0, 0.1) is 11.3 Å². The Bertz CT molecular complexity index is 1400. The standard InChI is InChI=1S/C25H20N6O2/c1-27-24(32)18-4-9-22(28-14-18)21-15-29-30-11-10-17(12-23(21)30)25(33)31(20-7-8-20)19-5-2-16(13-26)3-6-19/h2-6,9-12,14-15,20H,7-8H2,1H3,(H,27,32). The van der Waals surface area contributed by atoms with Crippen LogP contribution in [0.1, 0.15) is 39.1 Å². The molecule has 1 saturated carbocycles. The number of benzene rings is 1. The highest BCUT2D eigenvalue weighted by atomic mass is 16.2. The second-order valence-corrected chi connectivity index (χ2v) is 7.88. The fourth-order valence-corrected chi connectivity index (χ4v) is 3.81. The lowest BCUT2D eigenvalue weighted by Crippen LogP contribution is -2.33. The van der Waals surface area contributed by atoms with Gasteiger partial charge >= 0.3 is 0 Å².